The van der Waals surface area contributed by atoms with E-state index in [1.54, 1.807) is 0 Å². The van der Waals surface area contributed by atoms with Gasteiger partial charge in [0, 0.05) is 12.0 Å². The van der Waals surface area contributed by atoms with Gasteiger partial charge in [0.25, 0.3) is 0 Å². The largest absolute Gasteiger partial charge is 0.534 e. The first-order chi connectivity index (χ1) is 10.6. The molecule has 2 rings (SSSR count). The zero-order valence-electron chi connectivity index (χ0n) is 12.8. The summed E-state index contributed by atoms with van der Waals surface area (Å²) in [7, 11) is -1.83. The van der Waals surface area contributed by atoms with E-state index in [1.165, 1.54) is 6.08 Å². The molecule has 0 heterocycles. The molecule has 1 aromatic rings. The first-order valence-corrected chi connectivity index (χ1v) is 8.42. The molecule has 1 aliphatic rings. The zero-order valence-corrected chi connectivity index (χ0v) is 13.6. The quantitative estimate of drug-likeness (QED) is 0.618. The van der Waals surface area contributed by atoms with E-state index in [9.17, 15) is 21.6 Å². The van der Waals surface area contributed by atoms with Crippen molar-refractivity contribution in [1.82, 2.24) is 4.90 Å². The molecule has 0 bridgehead atoms. The number of halogens is 3. The highest BCUT2D eigenvalue weighted by molar-refractivity contribution is 7.87. The molecule has 0 aliphatic heterocycles. The van der Waals surface area contributed by atoms with Crippen molar-refractivity contribution >= 4 is 10.1 Å². The molecule has 0 radical (unpaired) electrons. The highest BCUT2D eigenvalue weighted by Crippen LogP contribution is 2.41. The Balaban J connectivity index is 2.25. The molecule has 0 aromatic heterocycles. The second-order valence-corrected chi connectivity index (χ2v) is 7.19. The molecule has 23 heavy (non-hydrogen) atoms. The van der Waals surface area contributed by atoms with E-state index in [2.05, 4.69) is 4.18 Å². The van der Waals surface area contributed by atoms with Gasteiger partial charge in [0.1, 0.15) is 5.76 Å². The number of nitrogens with zero attached hydrogens (tertiary/aromatic N) is 1. The molecule has 8 heteroatoms. The Hall–Kier alpha value is -1.54. The zero-order chi connectivity index (χ0) is 17.3. The third kappa shape index (κ3) is 3.53. The van der Waals surface area contributed by atoms with Gasteiger partial charge >= 0.3 is 15.6 Å². The van der Waals surface area contributed by atoms with E-state index >= 15 is 0 Å². The summed E-state index contributed by atoms with van der Waals surface area (Å²) in [4.78, 5) is 1.99. The molecule has 0 amide bonds. The van der Waals surface area contributed by atoms with Crippen LogP contribution in [-0.2, 0) is 19.8 Å². The molecule has 0 fully saturated rings. The summed E-state index contributed by atoms with van der Waals surface area (Å²) in [5, 5.41) is 0. The highest BCUT2D eigenvalue weighted by Gasteiger charge is 2.49. The van der Waals surface area contributed by atoms with Crippen LogP contribution >= 0.6 is 0 Å². The lowest BCUT2D eigenvalue weighted by Crippen LogP contribution is -2.42. The van der Waals surface area contributed by atoms with Crippen molar-refractivity contribution in [3.63, 3.8) is 0 Å². The van der Waals surface area contributed by atoms with Gasteiger partial charge in [0.05, 0.1) is 0 Å². The fraction of sp³-hybridized carbons (Fsp3) is 0.467. The molecule has 128 valence electrons. The highest BCUT2D eigenvalue weighted by atomic mass is 32.2. The summed E-state index contributed by atoms with van der Waals surface area (Å²) < 4.78 is 63.6. The standard InChI is InChI=1S/C15H18F3NO3S/c1-19(2)14(12-6-4-3-5-7-12)10-8-13(9-11-14)22-23(20,21)15(16,17)18/h3-8H,9-11H2,1-2H3. The van der Waals surface area contributed by atoms with E-state index in [1.807, 2.05) is 49.3 Å². The summed E-state index contributed by atoms with van der Waals surface area (Å²) in [6.45, 7) is 0. The van der Waals surface area contributed by atoms with Crippen LogP contribution in [0.25, 0.3) is 0 Å². The van der Waals surface area contributed by atoms with Crippen LogP contribution in [-0.4, -0.2) is 32.9 Å². The van der Waals surface area contributed by atoms with Gasteiger partial charge in [0.2, 0.25) is 0 Å². The molecule has 1 aliphatic carbocycles. The maximum atomic E-state index is 12.4. The first-order valence-electron chi connectivity index (χ1n) is 7.01. The normalized spacial score (nSPS) is 22.8. The van der Waals surface area contributed by atoms with Gasteiger partial charge in [-0.05, 0) is 38.6 Å². The first kappa shape index (κ1) is 17.8. The Bertz CT molecular complexity index is 684. The van der Waals surface area contributed by atoms with Gasteiger partial charge < -0.3 is 4.18 Å². The van der Waals surface area contributed by atoms with Gasteiger partial charge in [0.15, 0.2) is 0 Å². The number of rotatable bonds is 4. The van der Waals surface area contributed by atoms with Crippen molar-refractivity contribution in [3.8, 4) is 0 Å². The Morgan fingerprint density at radius 2 is 1.78 bits per heavy atom. The summed E-state index contributed by atoms with van der Waals surface area (Å²) in [5.41, 5.74) is -4.78. The fourth-order valence-electron chi connectivity index (χ4n) is 2.76. The van der Waals surface area contributed by atoms with E-state index < -0.39 is 21.2 Å². The molecule has 0 saturated heterocycles. The van der Waals surface area contributed by atoms with Crippen LogP contribution in [0, 0.1) is 0 Å². The molecular weight excluding hydrogens is 331 g/mol. The topological polar surface area (TPSA) is 46.6 Å². The predicted octanol–water partition coefficient (Wildman–Crippen LogP) is 3.38. The van der Waals surface area contributed by atoms with Crippen LogP contribution < -0.4 is 0 Å². The molecule has 4 nitrogen and oxygen atoms in total. The summed E-state index contributed by atoms with van der Waals surface area (Å²) in [5.74, 6) is -0.157. The lowest BCUT2D eigenvalue weighted by atomic mass is 9.78. The average Bonchev–Trinajstić information content (AvgIpc) is 2.47. The van der Waals surface area contributed by atoms with Crippen LogP contribution in [0.3, 0.4) is 0 Å². The summed E-state index contributed by atoms with van der Waals surface area (Å²) >= 11 is 0. The molecule has 0 spiro atoms. The van der Waals surface area contributed by atoms with Crippen molar-refractivity contribution in [2.75, 3.05) is 14.1 Å². The third-order valence-corrected chi connectivity index (χ3v) is 5.12. The van der Waals surface area contributed by atoms with Gasteiger partial charge in [-0.3, -0.25) is 4.90 Å². The molecule has 1 aromatic carbocycles. The average molecular weight is 349 g/mol. The molecule has 1 atom stereocenters. The second kappa shape index (κ2) is 6.16. The minimum absolute atomic E-state index is 0.113. The molecule has 0 saturated carbocycles. The molecule has 1 unspecified atom stereocenters. The Morgan fingerprint density at radius 1 is 1.17 bits per heavy atom. The van der Waals surface area contributed by atoms with Crippen molar-refractivity contribution in [1.29, 1.82) is 0 Å². The summed E-state index contributed by atoms with van der Waals surface area (Å²) in [6, 6.07) is 9.57. The van der Waals surface area contributed by atoms with Crippen LogP contribution in [0.1, 0.15) is 24.8 Å². The second-order valence-electron chi connectivity index (χ2n) is 5.65. The van der Waals surface area contributed by atoms with Crippen LogP contribution in [0.4, 0.5) is 13.2 Å². The maximum absolute atomic E-state index is 12.4. The van der Waals surface area contributed by atoms with E-state index in [-0.39, 0.29) is 12.2 Å². The van der Waals surface area contributed by atoms with Crippen molar-refractivity contribution in [2.45, 2.75) is 30.3 Å². The SMILES string of the molecule is CN(C)C1(c2ccccc2)CC=C(OS(=O)(=O)C(F)(F)F)CC1. The van der Waals surface area contributed by atoms with Gasteiger partial charge in [-0.15, -0.1) is 0 Å². The number of benzene rings is 1. The van der Waals surface area contributed by atoms with Crippen molar-refractivity contribution < 1.29 is 25.8 Å². The van der Waals surface area contributed by atoms with E-state index in [0.29, 0.717) is 12.8 Å². The monoisotopic (exact) mass is 349 g/mol. The van der Waals surface area contributed by atoms with Crippen LogP contribution in [0.15, 0.2) is 42.2 Å². The predicted molar refractivity (Wildman–Crippen MR) is 79.8 cm³/mol. The fourth-order valence-corrected chi connectivity index (χ4v) is 3.28. The van der Waals surface area contributed by atoms with E-state index in [4.69, 9.17) is 0 Å². The number of hydrogen-bond donors (Lipinski definition) is 0. The van der Waals surface area contributed by atoms with Crippen molar-refractivity contribution in [2.24, 2.45) is 0 Å². The number of hydrogen-bond acceptors (Lipinski definition) is 4. The van der Waals surface area contributed by atoms with Crippen LogP contribution in [0.5, 0.6) is 0 Å². The van der Waals surface area contributed by atoms with Crippen molar-refractivity contribution in [3.05, 3.63) is 47.7 Å². The smallest absolute Gasteiger partial charge is 0.381 e. The minimum Gasteiger partial charge on any atom is -0.381 e. The minimum atomic E-state index is -5.60. The Kier molecular flexibility index (Phi) is 4.77. The molecular formula is C15H18F3NO3S. The van der Waals surface area contributed by atoms with Gasteiger partial charge in [-0.1, -0.05) is 30.3 Å². The number of allylic oxidation sites excluding steroid dienone is 1. The van der Waals surface area contributed by atoms with Gasteiger partial charge in [-0.2, -0.15) is 21.6 Å². The Morgan fingerprint density at radius 3 is 2.22 bits per heavy atom. The third-order valence-electron chi connectivity index (χ3n) is 4.12. The maximum Gasteiger partial charge on any atom is 0.534 e. The lowest BCUT2D eigenvalue weighted by molar-refractivity contribution is -0.0526. The summed E-state index contributed by atoms with van der Waals surface area (Å²) in [6.07, 6.45) is 2.37. The van der Waals surface area contributed by atoms with Gasteiger partial charge in [-0.25, -0.2) is 0 Å². The van der Waals surface area contributed by atoms with E-state index in [0.717, 1.165) is 5.56 Å². The molecule has 0 N–H and O–H groups in total. The lowest BCUT2D eigenvalue weighted by Gasteiger charge is -2.42. The Labute approximate surface area is 133 Å². The van der Waals surface area contributed by atoms with Crippen LogP contribution in [0.2, 0.25) is 0 Å². The number of alkyl halides is 3.